The molecule has 0 unspecified atom stereocenters. The lowest BCUT2D eigenvalue weighted by Crippen LogP contribution is -2.06. The second-order valence-electron chi connectivity index (χ2n) is 4.28. The average Bonchev–Trinajstić information content (AvgIpc) is 2.76. The predicted molar refractivity (Wildman–Crippen MR) is 77.3 cm³/mol. The molecule has 0 saturated carbocycles. The second-order valence-corrected chi connectivity index (χ2v) is 4.67. The van der Waals surface area contributed by atoms with E-state index < -0.39 is 0 Å². The summed E-state index contributed by atoms with van der Waals surface area (Å²) in [7, 11) is 0. The highest BCUT2D eigenvalue weighted by Gasteiger charge is 2.05. The fourth-order valence-electron chi connectivity index (χ4n) is 2.15. The number of fused-ring (bicyclic) bond motifs is 1. The van der Waals surface area contributed by atoms with Gasteiger partial charge >= 0.3 is 0 Å². The van der Waals surface area contributed by atoms with Crippen LogP contribution in [0.3, 0.4) is 0 Å². The Hall–Kier alpha value is -2.21. The van der Waals surface area contributed by atoms with E-state index in [9.17, 15) is 0 Å². The lowest BCUT2D eigenvalue weighted by Gasteiger charge is -2.06. The molecule has 5 nitrogen and oxygen atoms in total. The number of H-pyrrole nitrogens is 1. The minimum absolute atomic E-state index is 0.415. The number of benzene rings is 1. The van der Waals surface area contributed by atoms with Gasteiger partial charge < -0.3 is 5.73 Å². The number of aryl methyl sites for hydroxylation is 1. The van der Waals surface area contributed by atoms with Crippen LogP contribution in [0.15, 0.2) is 36.5 Å². The molecule has 19 heavy (non-hydrogen) atoms. The van der Waals surface area contributed by atoms with Crippen molar-refractivity contribution in [3.8, 4) is 0 Å². The summed E-state index contributed by atoms with van der Waals surface area (Å²) in [6, 6.07) is 10.2. The zero-order valence-electron chi connectivity index (χ0n) is 10.2. The first-order valence-electron chi connectivity index (χ1n) is 5.99. The standard InChI is InChI=1S/C13H13N5S/c14-12-16-17-13(19)18(12)8-6-10-4-1-3-9-5-2-7-15-11(9)10/h1-5,7H,6,8H2,(H2,14,16)(H,17,19). The number of nitrogen functional groups attached to an aromatic ring is 1. The van der Waals surface area contributed by atoms with Crippen LogP contribution in [0.4, 0.5) is 5.95 Å². The van der Waals surface area contributed by atoms with Gasteiger partial charge in [0.2, 0.25) is 5.95 Å². The molecule has 0 saturated heterocycles. The van der Waals surface area contributed by atoms with E-state index in [2.05, 4.69) is 33.4 Å². The zero-order valence-corrected chi connectivity index (χ0v) is 11.0. The molecular weight excluding hydrogens is 258 g/mol. The van der Waals surface area contributed by atoms with Gasteiger partial charge in [-0.3, -0.25) is 9.55 Å². The van der Waals surface area contributed by atoms with Crippen LogP contribution in [0.5, 0.6) is 0 Å². The Labute approximate surface area is 115 Å². The van der Waals surface area contributed by atoms with E-state index in [1.54, 1.807) is 4.57 Å². The summed E-state index contributed by atoms with van der Waals surface area (Å²) in [4.78, 5) is 4.44. The van der Waals surface area contributed by atoms with Crippen molar-refractivity contribution in [1.29, 1.82) is 0 Å². The number of aromatic amines is 1. The highest BCUT2D eigenvalue weighted by Crippen LogP contribution is 2.17. The number of pyridine rings is 1. The van der Waals surface area contributed by atoms with Crippen molar-refractivity contribution in [3.05, 3.63) is 46.9 Å². The van der Waals surface area contributed by atoms with E-state index in [0.717, 1.165) is 17.3 Å². The number of aromatic nitrogens is 4. The van der Waals surface area contributed by atoms with Crippen molar-refractivity contribution in [2.75, 3.05) is 5.73 Å². The quantitative estimate of drug-likeness (QED) is 0.717. The van der Waals surface area contributed by atoms with Gasteiger partial charge in [-0.25, -0.2) is 5.10 Å². The maximum absolute atomic E-state index is 5.76. The number of hydrogen-bond acceptors (Lipinski definition) is 4. The molecule has 0 atom stereocenters. The van der Waals surface area contributed by atoms with Crippen LogP contribution in [-0.2, 0) is 13.0 Å². The van der Waals surface area contributed by atoms with Crippen molar-refractivity contribution in [2.24, 2.45) is 0 Å². The molecular formula is C13H13N5S. The van der Waals surface area contributed by atoms with Gasteiger partial charge in [-0.1, -0.05) is 24.3 Å². The topological polar surface area (TPSA) is 72.5 Å². The fraction of sp³-hybridized carbons (Fsp3) is 0.154. The highest BCUT2D eigenvalue weighted by molar-refractivity contribution is 7.71. The summed E-state index contributed by atoms with van der Waals surface area (Å²) in [5.74, 6) is 0.415. The average molecular weight is 271 g/mol. The van der Waals surface area contributed by atoms with Gasteiger partial charge in [0, 0.05) is 18.1 Å². The number of anilines is 1. The largest absolute Gasteiger partial charge is 0.368 e. The number of nitrogens with two attached hydrogens (primary N) is 1. The van der Waals surface area contributed by atoms with Crippen molar-refractivity contribution in [1.82, 2.24) is 19.7 Å². The van der Waals surface area contributed by atoms with E-state index in [4.69, 9.17) is 18.0 Å². The summed E-state index contributed by atoms with van der Waals surface area (Å²) in [6.07, 6.45) is 2.62. The fourth-order valence-corrected chi connectivity index (χ4v) is 2.38. The molecule has 0 fully saturated rings. The Balaban J connectivity index is 1.92. The summed E-state index contributed by atoms with van der Waals surface area (Å²) in [6.45, 7) is 0.691. The molecule has 3 rings (SSSR count). The Bertz CT molecular complexity index is 769. The van der Waals surface area contributed by atoms with E-state index >= 15 is 0 Å². The molecule has 0 spiro atoms. The van der Waals surface area contributed by atoms with E-state index in [-0.39, 0.29) is 0 Å². The van der Waals surface area contributed by atoms with E-state index in [0.29, 0.717) is 17.3 Å². The molecule has 0 amide bonds. The van der Waals surface area contributed by atoms with Crippen molar-refractivity contribution >= 4 is 29.1 Å². The second kappa shape index (κ2) is 4.81. The molecule has 0 aliphatic rings. The minimum Gasteiger partial charge on any atom is -0.368 e. The number of para-hydroxylation sites is 1. The third-order valence-electron chi connectivity index (χ3n) is 3.11. The van der Waals surface area contributed by atoms with Crippen LogP contribution in [0.25, 0.3) is 10.9 Å². The van der Waals surface area contributed by atoms with Crippen LogP contribution in [0, 0.1) is 4.77 Å². The van der Waals surface area contributed by atoms with Crippen molar-refractivity contribution < 1.29 is 0 Å². The number of nitrogens with one attached hydrogen (secondary N) is 1. The predicted octanol–water partition coefficient (Wildman–Crippen LogP) is 2.31. The number of hydrogen-bond donors (Lipinski definition) is 2. The summed E-state index contributed by atoms with van der Waals surface area (Å²) >= 11 is 5.13. The number of rotatable bonds is 3. The lowest BCUT2D eigenvalue weighted by molar-refractivity contribution is 0.696. The summed E-state index contributed by atoms with van der Waals surface area (Å²) < 4.78 is 2.34. The van der Waals surface area contributed by atoms with Gasteiger partial charge in [-0.2, -0.15) is 0 Å². The van der Waals surface area contributed by atoms with Crippen LogP contribution < -0.4 is 5.73 Å². The maximum atomic E-state index is 5.76. The Morgan fingerprint density at radius 1 is 1.26 bits per heavy atom. The molecule has 3 N–H and O–H groups in total. The molecule has 6 heteroatoms. The Morgan fingerprint density at radius 3 is 2.89 bits per heavy atom. The first-order chi connectivity index (χ1) is 9.25. The Morgan fingerprint density at radius 2 is 2.11 bits per heavy atom. The molecule has 3 aromatic rings. The minimum atomic E-state index is 0.415. The first kappa shape index (κ1) is 11.9. The molecule has 2 heterocycles. The lowest BCUT2D eigenvalue weighted by atomic mass is 10.1. The molecule has 0 aliphatic heterocycles. The monoisotopic (exact) mass is 271 g/mol. The normalized spacial score (nSPS) is 10.9. The smallest absolute Gasteiger partial charge is 0.220 e. The maximum Gasteiger partial charge on any atom is 0.220 e. The molecule has 0 aliphatic carbocycles. The van der Waals surface area contributed by atoms with Gasteiger partial charge in [0.25, 0.3) is 0 Å². The third-order valence-corrected chi connectivity index (χ3v) is 3.42. The summed E-state index contributed by atoms with van der Waals surface area (Å²) in [5, 5.41) is 7.73. The van der Waals surface area contributed by atoms with Crippen LogP contribution in [0.1, 0.15) is 5.56 Å². The van der Waals surface area contributed by atoms with Crippen molar-refractivity contribution in [2.45, 2.75) is 13.0 Å². The highest BCUT2D eigenvalue weighted by atomic mass is 32.1. The molecule has 1 aromatic carbocycles. The SMILES string of the molecule is Nc1n[nH]c(=S)n1CCc1cccc2cccnc12. The molecule has 0 radical (unpaired) electrons. The van der Waals surface area contributed by atoms with Crippen LogP contribution >= 0.6 is 12.2 Å². The number of nitrogens with zero attached hydrogens (tertiary/aromatic N) is 3. The van der Waals surface area contributed by atoms with Gasteiger partial charge in [0.1, 0.15) is 0 Å². The summed E-state index contributed by atoms with van der Waals surface area (Å²) in [5.41, 5.74) is 7.96. The third kappa shape index (κ3) is 2.22. The molecule has 2 aromatic heterocycles. The van der Waals surface area contributed by atoms with E-state index in [1.165, 1.54) is 5.56 Å². The Kier molecular flexibility index (Phi) is 3.00. The van der Waals surface area contributed by atoms with Gasteiger partial charge in [0.15, 0.2) is 4.77 Å². The molecule has 96 valence electrons. The van der Waals surface area contributed by atoms with Gasteiger partial charge in [0.05, 0.1) is 5.52 Å². The van der Waals surface area contributed by atoms with E-state index in [1.807, 2.05) is 18.3 Å². The first-order valence-corrected chi connectivity index (χ1v) is 6.40. The van der Waals surface area contributed by atoms with Gasteiger partial charge in [-0.15, -0.1) is 5.10 Å². The van der Waals surface area contributed by atoms with Crippen molar-refractivity contribution in [3.63, 3.8) is 0 Å². The molecule has 0 bridgehead atoms. The van der Waals surface area contributed by atoms with Crippen LogP contribution in [-0.4, -0.2) is 19.7 Å². The zero-order chi connectivity index (χ0) is 13.2. The van der Waals surface area contributed by atoms with Gasteiger partial charge in [-0.05, 0) is 30.3 Å². The van der Waals surface area contributed by atoms with Crippen LogP contribution in [0.2, 0.25) is 0 Å².